The number of carbonyl (C=O) groups is 1. The van der Waals surface area contributed by atoms with Gasteiger partial charge in [-0.15, -0.1) is 0 Å². The second kappa shape index (κ2) is 8.70. The number of unbranched alkanes of at least 4 members (excludes halogenated alkanes) is 1. The summed E-state index contributed by atoms with van der Waals surface area (Å²) in [4.78, 5) is 12.4. The van der Waals surface area contributed by atoms with E-state index in [1.54, 1.807) is 7.11 Å². The Balaban J connectivity index is 2.72. The maximum Gasteiger partial charge on any atom is 0.169 e. The van der Waals surface area contributed by atoms with Crippen molar-refractivity contribution in [2.24, 2.45) is 5.92 Å². The molecule has 0 bridgehead atoms. The molecule has 106 valence electrons. The van der Waals surface area contributed by atoms with E-state index < -0.39 is 0 Å². The van der Waals surface area contributed by atoms with E-state index in [2.05, 4.69) is 6.92 Å². The average Bonchev–Trinajstić information content (AvgIpc) is 2.44. The summed E-state index contributed by atoms with van der Waals surface area (Å²) in [7, 11) is 1.63. The largest absolute Gasteiger partial charge is 0.490 e. The van der Waals surface area contributed by atoms with Crippen LogP contribution in [-0.2, 0) is 4.74 Å². The lowest BCUT2D eigenvalue weighted by molar-refractivity contribution is 0.0915. The van der Waals surface area contributed by atoms with Crippen LogP contribution in [-0.4, -0.2) is 26.1 Å². The van der Waals surface area contributed by atoms with Gasteiger partial charge in [0.1, 0.15) is 12.4 Å². The minimum absolute atomic E-state index is 0.0483. The normalized spacial score (nSPS) is 12.2. The summed E-state index contributed by atoms with van der Waals surface area (Å²) in [6.45, 7) is 5.11. The van der Waals surface area contributed by atoms with Crippen molar-refractivity contribution in [3.05, 3.63) is 29.8 Å². The fourth-order valence-corrected chi connectivity index (χ4v) is 1.94. The molecule has 1 aromatic carbocycles. The van der Waals surface area contributed by atoms with Gasteiger partial charge in [-0.2, -0.15) is 0 Å². The summed E-state index contributed by atoms with van der Waals surface area (Å²) in [5, 5.41) is 0. The van der Waals surface area contributed by atoms with Gasteiger partial charge in [0.15, 0.2) is 5.78 Å². The van der Waals surface area contributed by atoms with Crippen molar-refractivity contribution in [3.63, 3.8) is 0 Å². The van der Waals surface area contributed by atoms with Gasteiger partial charge in [0.05, 0.1) is 12.2 Å². The van der Waals surface area contributed by atoms with Gasteiger partial charge in [-0.3, -0.25) is 4.79 Å². The Morgan fingerprint density at radius 1 is 1.26 bits per heavy atom. The Hall–Kier alpha value is -1.35. The van der Waals surface area contributed by atoms with Gasteiger partial charge >= 0.3 is 0 Å². The second-order valence-corrected chi connectivity index (χ2v) is 4.74. The van der Waals surface area contributed by atoms with Crippen LogP contribution in [0.15, 0.2) is 24.3 Å². The number of rotatable bonds is 9. The number of benzene rings is 1. The first-order chi connectivity index (χ1) is 9.20. The van der Waals surface area contributed by atoms with Crippen LogP contribution in [0.2, 0.25) is 0 Å². The van der Waals surface area contributed by atoms with Crippen molar-refractivity contribution in [3.8, 4) is 5.75 Å². The number of carbonyl (C=O) groups excluding carboxylic acids is 1. The smallest absolute Gasteiger partial charge is 0.169 e. The quantitative estimate of drug-likeness (QED) is 0.503. The fraction of sp³-hybridized carbons (Fsp3) is 0.562. The average molecular weight is 264 g/mol. The van der Waals surface area contributed by atoms with E-state index in [4.69, 9.17) is 9.47 Å². The third kappa shape index (κ3) is 5.03. The highest BCUT2D eigenvalue weighted by Crippen LogP contribution is 2.23. The zero-order valence-corrected chi connectivity index (χ0v) is 12.1. The Morgan fingerprint density at radius 3 is 2.68 bits per heavy atom. The molecule has 0 aliphatic heterocycles. The lowest BCUT2D eigenvalue weighted by Crippen LogP contribution is -2.14. The van der Waals surface area contributed by atoms with Crippen molar-refractivity contribution < 1.29 is 14.3 Å². The molecule has 0 saturated heterocycles. The summed E-state index contributed by atoms with van der Waals surface area (Å²) in [6.07, 6.45) is 3.13. The Bertz CT molecular complexity index is 387. The van der Waals surface area contributed by atoms with Crippen molar-refractivity contribution in [1.29, 1.82) is 0 Å². The molecule has 0 aliphatic rings. The van der Waals surface area contributed by atoms with E-state index in [0.717, 1.165) is 19.3 Å². The Kier molecular flexibility index (Phi) is 7.19. The molecule has 0 saturated carbocycles. The third-order valence-electron chi connectivity index (χ3n) is 3.14. The molecule has 3 heteroatoms. The summed E-state index contributed by atoms with van der Waals surface area (Å²) in [5.74, 6) is 0.876. The first-order valence-corrected chi connectivity index (χ1v) is 6.95. The summed E-state index contributed by atoms with van der Waals surface area (Å²) < 4.78 is 10.6. The number of para-hydroxylation sites is 1. The van der Waals surface area contributed by atoms with Crippen LogP contribution in [0.1, 0.15) is 43.5 Å². The first kappa shape index (κ1) is 15.7. The van der Waals surface area contributed by atoms with Crippen LogP contribution in [0.3, 0.4) is 0 Å². The first-order valence-electron chi connectivity index (χ1n) is 6.95. The molecule has 3 nitrogen and oxygen atoms in total. The van der Waals surface area contributed by atoms with E-state index in [1.807, 2.05) is 31.2 Å². The molecular weight excluding hydrogens is 240 g/mol. The summed E-state index contributed by atoms with van der Waals surface area (Å²) >= 11 is 0. The Morgan fingerprint density at radius 2 is 2.00 bits per heavy atom. The van der Waals surface area contributed by atoms with E-state index in [-0.39, 0.29) is 11.7 Å². The van der Waals surface area contributed by atoms with Crippen molar-refractivity contribution >= 4 is 5.78 Å². The maximum atomic E-state index is 12.4. The lowest BCUT2D eigenvalue weighted by atomic mass is 9.94. The Labute approximate surface area is 115 Å². The molecule has 0 aromatic heterocycles. The monoisotopic (exact) mass is 264 g/mol. The number of hydrogen-bond donors (Lipinski definition) is 0. The molecule has 19 heavy (non-hydrogen) atoms. The van der Waals surface area contributed by atoms with Gasteiger partial charge in [0.2, 0.25) is 0 Å². The molecule has 0 spiro atoms. The van der Waals surface area contributed by atoms with Gasteiger partial charge in [0, 0.05) is 13.0 Å². The lowest BCUT2D eigenvalue weighted by Gasteiger charge is -2.14. The minimum atomic E-state index is 0.0483. The highest BCUT2D eigenvalue weighted by Gasteiger charge is 2.18. The van der Waals surface area contributed by atoms with E-state index in [0.29, 0.717) is 24.5 Å². The maximum absolute atomic E-state index is 12.4. The van der Waals surface area contributed by atoms with Crippen LogP contribution in [0.4, 0.5) is 0 Å². The zero-order valence-electron chi connectivity index (χ0n) is 12.1. The number of methoxy groups -OCH3 is 1. The second-order valence-electron chi connectivity index (χ2n) is 4.74. The number of Topliss-reactive ketones (excluding diaryl/α,β-unsaturated/α-hetero) is 1. The molecule has 0 heterocycles. The van der Waals surface area contributed by atoms with Crippen LogP contribution >= 0.6 is 0 Å². The van der Waals surface area contributed by atoms with Crippen molar-refractivity contribution in [1.82, 2.24) is 0 Å². The summed E-state index contributed by atoms with van der Waals surface area (Å²) in [5.41, 5.74) is 0.683. The zero-order chi connectivity index (χ0) is 14.1. The highest BCUT2D eigenvalue weighted by molar-refractivity contribution is 6.00. The predicted molar refractivity (Wildman–Crippen MR) is 76.8 cm³/mol. The van der Waals surface area contributed by atoms with Crippen LogP contribution in [0, 0.1) is 5.92 Å². The molecule has 1 unspecified atom stereocenters. The van der Waals surface area contributed by atoms with E-state index in [1.165, 1.54) is 0 Å². The molecule has 1 atom stereocenters. The molecule has 1 rings (SSSR count). The van der Waals surface area contributed by atoms with Crippen LogP contribution in [0.25, 0.3) is 0 Å². The number of hydrogen-bond acceptors (Lipinski definition) is 3. The van der Waals surface area contributed by atoms with Crippen molar-refractivity contribution in [2.45, 2.75) is 33.1 Å². The molecule has 0 fully saturated rings. The standard InChI is InChI=1S/C16H24O3/c1-4-5-8-13(2)16(17)14-9-6-7-10-15(14)19-12-11-18-3/h6-7,9-10,13H,4-5,8,11-12H2,1-3H3. The van der Waals surface area contributed by atoms with Gasteiger partial charge in [0.25, 0.3) is 0 Å². The van der Waals surface area contributed by atoms with E-state index in [9.17, 15) is 4.79 Å². The number of ketones is 1. The fourth-order valence-electron chi connectivity index (χ4n) is 1.94. The van der Waals surface area contributed by atoms with E-state index >= 15 is 0 Å². The van der Waals surface area contributed by atoms with Gasteiger partial charge in [-0.1, -0.05) is 38.8 Å². The molecule has 0 radical (unpaired) electrons. The molecular formula is C16H24O3. The minimum Gasteiger partial charge on any atom is -0.490 e. The van der Waals surface area contributed by atoms with Crippen LogP contribution in [0.5, 0.6) is 5.75 Å². The summed E-state index contributed by atoms with van der Waals surface area (Å²) in [6, 6.07) is 7.45. The molecule has 0 N–H and O–H groups in total. The van der Waals surface area contributed by atoms with Gasteiger partial charge < -0.3 is 9.47 Å². The van der Waals surface area contributed by atoms with Gasteiger partial charge in [-0.25, -0.2) is 0 Å². The molecule has 0 amide bonds. The van der Waals surface area contributed by atoms with Crippen molar-refractivity contribution in [2.75, 3.05) is 20.3 Å². The SMILES string of the molecule is CCCCC(C)C(=O)c1ccccc1OCCOC. The predicted octanol–water partition coefficient (Wildman–Crippen LogP) is 3.72. The third-order valence-corrected chi connectivity index (χ3v) is 3.14. The molecule has 1 aromatic rings. The number of ether oxygens (including phenoxy) is 2. The van der Waals surface area contributed by atoms with Crippen LogP contribution < -0.4 is 4.74 Å². The highest BCUT2D eigenvalue weighted by atomic mass is 16.5. The molecule has 0 aliphatic carbocycles. The topological polar surface area (TPSA) is 35.5 Å². The van der Waals surface area contributed by atoms with Gasteiger partial charge in [-0.05, 0) is 18.6 Å².